The molecule has 0 spiro atoms. The summed E-state index contributed by atoms with van der Waals surface area (Å²) in [7, 11) is 0. The molecule has 0 radical (unpaired) electrons. The molecule has 1 unspecified atom stereocenters. The Morgan fingerprint density at radius 2 is 2.21 bits per heavy atom. The minimum atomic E-state index is -0.179. The molecule has 1 aliphatic rings. The molecule has 0 aromatic carbocycles. The Kier molecular flexibility index (Phi) is 4.28. The number of nitrogens with zero attached hydrogens (tertiary/aromatic N) is 1. The number of carbonyl (C=O) groups is 1. The number of rotatable bonds is 5. The van der Waals surface area contributed by atoms with Crippen LogP contribution in [-0.4, -0.2) is 35.4 Å². The van der Waals surface area contributed by atoms with E-state index < -0.39 is 0 Å². The molecule has 1 aliphatic heterocycles. The summed E-state index contributed by atoms with van der Waals surface area (Å²) in [5.41, 5.74) is 10.6. The van der Waals surface area contributed by atoms with Gasteiger partial charge in [-0.15, -0.1) is 0 Å². The average molecular weight is 215 g/mol. The summed E-state index contributed by atoms with van der Waals surface area (Å²) in [5.74, 6) is -0.137. The van der Waals surface area contributed by atoms with Crippen molar-refractivity contribution in [3.8, 4) is 0 Å². The SMILES string of the molecule is NC(=O)C1CCN(CCCC(N)=S)C1. The lowest BCUT2D eigenvalue weighted by molar-refractivity contribution is -0.121. The molecule has 0 aliphatic carbocycles. The Labute approximate surface area is 89.6 Å². The molecule has 4 nitrogen and oxygen atoms in total. The Hall–Kier alpha value is -0.680. The molecule has 1 heterocycles. The van der Waals surface area contributed by atoms with E-state index in [0.717, 1.165) is 38.9 Å². The second-order valence-corrected chi connectivity index (χ2v) is 4.28. The van der Waals surface area contributed by atoms with E-state index in [-0.39, 0.29) is 11.8 Å². The Bertz CT molecular complexity index is 232. The maximum atomic E-state index is 10.9. The molecule has 4 N–H and O–H groups in total. The number of amides is 1. The van der Waals surface area contributed by atoms with Crippen LogP contribution in [0.3, 0.4) is 0 Å². The van der Waals surface area contributed by atoms with Crippen LogP contribution in [0.15, 0.2) is 0 Å². The van der Waals surface area contributed by atoms with Gasteiger partial charge in [0.05, 0.1) is 10.9 Å². The lowest BCUT2D eigenvalue weighted by atomic mass is 10.1. The third-order valence-electron chi connectivity index (χ3n) is 2.57. The van der Waals surface area contributed by atoms with E-state index >= 15 is 0 Å². The van der Waals surface area contributed by atoms with Crippen molar-refractivity contribution in [2.75, 3.05) is 19.6 Å². The number of nitrogens with two attached hydrogens (primary N) is 2. The maximum absolute atomic E-state index is 10.9. The first-order valence-corrected chi connectivity index (χ1v) is 5.30. The zero-order chi connectivity index (χ0) is 10.6. The first kappa shape index (κ1) is 11.4. The van der Waals surface area contributed by atoms with Crippen molar-refractivity contribution in [2.45, 2.75) is 19.3 Å². The number of primary amides is 1. The van der Waals surface area contributed by atoms with E-state index in [4.69, 9.17) is 23.7 Å². The molecule has 14 heavy (non-hydrogen) atoms. The number of thiocarbonyl (C=S) groups is 1. The van der Waals surface area contributed by atoms with Gasteiger partial charge in [0.25, 0.3) is 0 Å². The largest absolute Gasteiger partial charge is 0.393 e. The highest BCUT2D eigenvalue weighted by molar-refractivity contribution is 7.80. The van der Waals surface area contributed by atoms with Crippen LogP contribution in [-0.2, 0) is 4.79 Å². The van der Waals surface area contributed by atoms with Crippen LogP contribution in [0.2, 0.25) is 0 Å². The third kappa shape index (κ3) is 3.59. The minimum absolute atomic E-state index is 0.0415. The molecule has 1 atom stereocenters. The van der Waals surface area contributed by atoms with Crippen LogP contribution in [0.25, 0.3) is 0 Å². The summed E-state index contributed by atoms with van der Waals surface area (Å²) in [6, 6.07) is 0. The van der Waals surface area contributed by atoms with Crippen molar-refractivity contribution in [2.24, 2.45) is 17.4 Å². The zero-order valence-electron chi connectivity index (χ0n) is 8.24. The zero-order valence-corrected chi connectivity index (χ0v) is 9.05. The summed E-state index contributed by atoms with van der Waals surface area (Å²) in [4.78, 5) is 13.7. The molecule has 0 aromatic heterocycles. The summed E-state index contributed by atoms with van der Waals surface area (Å²) < 4.78 is 0. The third-order valence-corrected chi connectivity index (χ3v) is 2.78. The summed E-state index contributed by atoms with van der Waals surface area (Å²) >= 11 is 4.79. The smallest absolute Gasteiger partial charge is 0.221 e. The van der Waals surface area contributed by atoms with E-state index in [1.807, 2.05) is 0 Å². The molecule has 1 amide bonds. The molecular formula is C9H17N3OS. The van der Waals surface area contributed by atoms with E-state index in [0.29, 0.717) is 4.99 Å². The summed E-state index contributed by atoms with van der Waals surface area (Å²) in [5, 5.41) is 0. The molecule has 0 bridgehead atoms. The normalized spacial score (nSPS) is 22.4. The highest BCUT2D eigenvalue weighted by atomic mass is 32.1. The van der Waals surface area contributed by atoms with Crippen LogP contribution < -0.4 is 11.5 Å². The summed E-state index contributed by atoms with van der Waals surface area (Å²) in [6.45, 7) is 2.72. The molecule has 0 saturated carbocycles. The predicted molar refractivity (Wildman–Crippen MR) is 59.8 cm³/mol. The molecule has 1 rings (SSSR count). The quantitative estimate of drug-likeness (QED) is 0.626. The van der Waals surface area contributed by atoms with Gasteiger partial charge < -0.3 is 16.4 Å². The highest BCUT2D eigenvalue weighted by Gasteiger charge is 2.25. The highest BCUT2D eigenvalue weighted by Crippen LogP contribution is 2.15. The van der Waals surface area contributed by atoms with Crippen molar-refractivity contribution in [3.05, 3.63) is 0 Å². The molecule has 1 fully saturated rings. The van der Waals surface area contributed by atoms with Gasteiger partial charge in [0.2, 0.25) is 5.91 Å². The van der Waals surface area contributed by atoms with Gasteiger partial charge in [-0.3, -0.25) is 4.79 Å². The first-order valence-electron chi connectivity index (χ1n) is 4.89. The van der Waals surface area contributed by atoms with Crippen molar-refractivity contribution < 1.29 is 4.79 Å². The lowest BCUT2D eigenvalue weighted by Gasteiger charge is -2.14. The van der Waals surface area contributed by atoms with Gasteiger partial charge in [-0.05, 0) is 32.4 Å². The van der Waals surface area contributed by atoms with E-state index in [1.54, 1.807) is 0 Å². The minimum Gasteiger partial charge on any atom is -0.393 e. The molecule has 5 heteroatoms. The standard InChI is InChI=1S/C9H17N3OS/c10-8(14)2-1-4-12-5-3-7(6-12)9(11)13/h7H,1-6H2,(H2,10,14)(H2,11,13). The fourth-order valence-electron chi connectivity index (χ4n) is 1.74. The first-order chi connectivity index (χ1) is 6.59. The fraction of sp³-hybridized carbons (Fsp3) is 0.778. The monoisotopic (exact) mass is 215 g/mol. The Balaban J connectivity index is 2.16. The van der Waals surface area contributed by atoms with Gasteiger partial charge in [0, 0.05) is 6.54 Å². The van der Waals surface area contributed by atoms with Crippen LogP contribution >= 0.6 is 12.2 Å². The van der Waals surface area contributed by atoms with Crippen molar-refractivity contribution in [3.63, 3.8) is 0 Å². The van der Waals surface area contributed by atoms with Crippen molar-refractivity contribution in [1.29, 1.82) is 0 Å². The van der Waals surface area contributed by atoms with Gasteiger partial charge in [-0.2, -0.15) is 0 Å². The van der Waals surface area contributed by atoms with E-state index in [2.05, 4.69) is 4.90 Å². The van der Waals surface area contributed by atoms with Crippen molar-refractivity contribution >= 4 is 23.1 Å². The topological polar surface area (TPSA) is 72.4 Å². The van der Waals surface area contributed by atoms with Gasteiger partial charge >= 0.3 is 0 Å². The van der Waals surface area contributed by atoms with Gasteiger partial charge in [0.15, 0.2) is 0 Å². The van der Waals surface area contributed by atoms with Gasteiger partial charge in [0.1, 0.15) is 0 Å². The Morgan fingerprint density at radius 1 is 1.50 bits per heavy atom. The van der Waals surface area contributed by atoms with Gasteiger partial charge in [-0.1, -0.05) is 12.2 Å². The van der Waals surface area contributed by atoms with E-state index in [1.165, 1.54) is 0 Å². The molecule has 0 aromatic rings. The maximum Gasteiger partial charge on any atom is 0.221 e. The van der Waals surface area contributed by atoms with Crippen molar-refractivity contribution in [1.82, 2.24) is 4.90 Å². The van der Waals surface area contributed by atoms with Crippen LogP contribution in [0.4, 0.5) is 0 Å². The van der Waals surface area contributed by atoms with Gasteiger partial charge in [-0.25, -0.2) is 0 Å². The Morgan fingerprint density at radius 3 is 2.71 bits per heavy atom. The second-order valence-electron chi connectivity index (χ2n) is 3.76. The second kappa shape index (κ2) is 5.26. The molecular weight excluding hydrogens is 198 g/mol. The molecule has 80 valence electrons. The average Bonchev–Trinajstić information content (AvgIpc) is 2.52. The number of hydrogen-bond donors (Lipinski definition) is 2. The van der Waals surface area contributed by atoms with Crippen LogP contribution in [0.5, 0.6) is 0 Å². The summed E-state index contributed by atoms with van der Waals surface area (Å²) in [6.07, 6.45) is 2.65. The lowest BCUT2D eigenvalue weighted by Crippen LogP contribution is -2.28. The number of hydrogen-bond acceptors (Lipinski definition) is 3. The van der Waals surface area contributed by atoms with Crippen LogP contribution in [0, 0.1) is 5.92 Å². The fourth-order valence-corrected chi connectivity index (χ4v) is 1.89. The van der Waals surface area contributed by atoms with E-state index in [9.17, 15) is 4.79 Å². The number of likely N-dealkylation sites (tertiary alicyclic amines) is 1. The predicted octanol–water partition coefficient (Wildman–Crippen LogP) is -0.140. The molecule has 1 saturated heterocycles. The number of carbonyl (C=O) groups excluding carboxylic acids is 1. The van der Waals surface area contributed by atoms with Crippen LogP contribution in [0.1, 0.15) is 19.3 Å².